The Balaban J connectivity index is 1.57. The fraction of sp³-hybridized carbons (Fsp3) is 0.280. The van der Waals surface area contributed by atoms with E-state index in [1.54, 1.807) is 37.4 Å². The number of methoxy groups -OCH3 is 1. The number of benzene rings is 3. The first kappa shape index (κ1) is 22.3. The SMILES string of the molecule is COc1ccc(S(=O)(=O)N2CCN([C@@H](c3ccc(C)cc3)c3ccccc3O)CC2)cc1. The summed E-state index contributed by atoms with van der Waals surface area (Å²) < 4.78 is 32.9. The highest BCUT2D eigenvalue weighted by Crippen LogP contribution is 2.35. The second-order valence-electron chi connectivity index (χ2n) is 7.99. The molecule has 1 aliphatic rings. The van der Waals surface area contributed by atoms with Crippen LogP contribution in [0.5, 0.6) is 11.5 Å². The molecule has 6 nitrogen and oxygen atoms in total. The van der Waals surface area contributed by atoms with Crippen LogP contribution in [0.2, 0.25) is 0 Å². The lowest BCUT2D eigenvalue weighted by Gasteiger charge is -2.39. The first-order chi connectivity index (χ1) is 15.4. The van der Waals surface area contributed by atoms with Gasteiger partial charge in [-0.15, -0.1) is 0 Å². The van der Waals surface area contributed by atoms with Gasteiger partial charge in [-0.3, -0.25) is 4.90 Å². The van der Waals surface area contributed by atoms with Gasteiger partial charge in [-0.1, -0.05) is 48.0 Å². The van der Waals surface area contributed by atoms with Crippen molar-refractivity contribution in [1.82, 2.24) is 9.21 Å². The van der Waals surface area contributed by atoms with Crippen molar-refractivity contribution in [3.8, 4) is 11.5 Å². The number of para-hydroxylation sites is 1. The molecular formula is C25H28N2O4S. The molecule has 4 rings (SSSR count). The Labute approximate surface area is 189 Å². The van der Waals surface area contributed by atoms with Crippen molar-refractivity contribution in [1.29, 1.82) is 0 Å². The van der Waals surface area contributed by atoms with Gasteiger partial charge in [0.05, 0.1) is 18.0 Å². The summed E-state index contributed by atoms with van der Waals surface area (Å²) in [6.45, 7) is 3.92. The second kappa shape index (κ2) is 9.32. The molecule has 1 fully saturated rings. The van der Waals surface area contributed by atoms with Gasteiger partial charge in [-0.2, -0.15) is 4.31 Å². The van der Waals surface area contributed by atoms with Gasteiger partial charge >= 0.3 is 0 Å². The highest BCUT2D eigenvalue weighted by Gasteiger charge is 2.33. The smallest absolute Gasteiger partial charge is 0.243 e. The minimum atomic E-state index is -3.58. The number of sulfonamides is 1. The summed E-state index contributed by atoms with van der Waals surface area (Å²) in [5, 5.41) is 10.6. The normalized spacial score (nSPS) is 16.6. The summed E-state index contributed by atoms with van der Waals surface area (Å²) in [5.41, 5.74) is 3.06. The van der Waals surface area contributed by atoms with Crippen LogP contribution in [0.15, 0.2) is 77.7 Å². The van der Waals surface area contributed by atoms with Crippen LogP contribution >= 0.6 is 0 Å². The van der Waals surface area contributed by atoms with Gasteiger partial charge in [0.1, 0.15) is 11.5 Å². The predicted octanol–water partition coefficient (Wildman–Crippen LogP) is 3.81. The second-order valence-corrected chi connectivity index (χ2v) is 9.93. The molecule has 3 aromatic carbocycles. The van der Waals surface area contributed by atoms with Crippen molar-refractivity contribution in [2.75, 3.05) is 33.3 Å². The van der Waals surface area contributed by atoms with Gasteiger partial charge in [0.2, 0.25) is 10.0 Å². The molecule has 0 amide bonds. The molecular weight excluding hydrogens is 424 g/mol. The molecule has 0 aromatic heterocycles. The van der Waals surface area contributed by atoms with Gasteiger partial charge in [0.15, 0.2) is 0 Å². The van der Waals surface area contributed by atoms with Crippen molar-refractivity contribution in [3.05, 3.63) is 89.5 Å². The Kier molecular flexibility index (Phi) is 6.50. The predicted molar refractivity (Wildman–Crippen MR) is 124 cm³/mol. The van der Waals surface area contributed by atoms with Gasteiger partial charge in [0.25, 0.3) is 0 Å². The van der Waals surface area contributed by atoms with Gasteiger partial charge in [-0.25, -0.2) is 8.42 Å². The maximum Gasteiger partial charge on any atom is 0.243 e. The van der Waals surface area contributed by atoms with Crippen molar-refractivity contribution >= 4 is 10.0 Å². The summed E-state index contributed by atoms with van der Waals surface area (Å²) in [6, 6.07) is 22.0. The fourth-order valence-corrected chi connectivity index (χ4v) is 5.58. The minimum Gasteiger partial charge on any atom is -0.508 e. The third-order valence-corrected chi connectivity index (χ3v) is 7.87. The van der Waals surface area contributed by atoms with Crippen LogP contribution in [-0.4, -0.2) is 56.0 Å². The van der Waals surface area contributed by atoms with Crippen molar-refractivity contribution in [2.24, 2.45) is 0 Å². The van der Waals surface area contributed by atoms with Crippen molar-refractivity contribution in [3.63, 3.8) is 0 Å². The third kappa shape index (κ3) is 4.50. The van der Waals surface area contributed by atoms with Crippen LogP contribution in [0, 0.1) is 6.92 Å². The summed E-state index contributed by atoms with van der Waals surface area (Å²) in [7, 11) is -2.02. The zero-order chi connectivity index (χ0) is 22.7. The van der Waals surface area contributed by atoms with Crippen molar-refractivity contribution in [2.45, 2.75) is 17.9 Å². The molecule has 0 bridgehead atoms. The number of aryl methyl sites for hydroxylation is 1. The average Bonchev–Trinajstić information content (AvgIpc) is 2.82. The lowest BCUT2D eigenvalue weighted by Crippen LogP contribution is -2.49. The molecule has 1 heterocycles. The zero-order valence-corrected chi connectivity index (χ0v) is 19.1. The van der Waals surface area contributed by atoms with E-state index in [9.17, 15) is 13.5 Å². The lowest BCUT2D eigenvalue weighted by atomic mass is 9.95. The van der Waals surface area contributed by atoms with Crippen LogP contribution in [0.4, 0.5) is 0 Å². The molecule has 1 atom stereocenters. The third-order valence-electron chi connectivity index (χ3n) is 5.96. The van der Waals surface area contributed by atoms with Crippen LogP contribution in [0.1, 0.15) is 22.7 Å². The Morgan fingerprint density at radius 3 is 2.09 bits per heavy atom. The quantitative estimate of drug-likeness (QED) is 0.616. The number of phenols is 1. The average molecular weight is 453 g/mol. The largest absolute Gasteiger partial charge is 0.508 e. The van der Waals surface area contributed by atoms with E-state index in [0.29, 0.717) is 31.9 Å². The molecule has 168 valence electrons. The topological polar surface area (TPSA) is 70.1 Å². The van der Waals surface area contributed by atoms with E-state index >= 15 is 0 Å². The molecule has 3 aromatic rings. The van der Waals surface area contributed by atoms with E-state index in [1.165, 1.54) is 9.87 Å². The first-order valence-electron chi connectivity index (χ1n) is 10.6. The Morgan fingerprint density at radius 2 is 1.50 bits per heavy atom. The van der Waals surface area contributed by atoms with E-state index in [0.717, 1.165) is 11.1 Å². The molecule has 0 aliphatic carbocycles. The summed E-state index contributed by atoms with van der Waals surface area (Å²) in [5.74, 6) is 0.865. The maximum atomic E-state index is 13.1. The number of hydrogen-bond acceptors (Lipinski definition) is 5. The van der Waals surface area contributed by atoms with Gasteiger partial charge < -0.3 is 9.84 Å². The first-order valence-corrected chi connectivity index (χ1v) is 12.1. The summed E-state index contributed by atoms with van der Waals surface area (Å²) in [6.07, 6.45) is 0. The monoisotopic (exact) mass is 452 g/mol. The molecule has 1 N–H and O–H groups in total. The van der Waals surface area contributed by atoms with Crippen LogP contribution in [0.25, 0.3) is 0 Å². The zero-order valence-electron chi connectivity index (χ0n) is 18.3. The molecule has 1 aliphatic heterocycles. The molecule has 0 unspecified atom stereocenters. The number of rotatable bonds is 6. The Bertz CT molecular complexity index is 1150. The molecule has 0 spiro atoms. The lowest BCUT2D eigenvalue weighted by molar-refractivity contribution is 0.154. The fourth-order valence-electron chi connectivity index (χ4n) is 4.15. The minimum absolute atomic E-state index is 0.150. The number of piperazine rings is 1. The molecule has 32 heavy (non-hydrogen) atoms. The summed E-state index contributed by atoms with van der Waals surface area (Å²) >= 11 is 0. The Morgan fingerprint density at radius 1 is 0.875 bits per heavy atom. The van der Waals surface area contributed by atoms with E-state index in [1.807, 2.05) is 25.1 Å². The van der Waals surface area contributed by atoms with Gasteiger partial charge in [-0.05, 0) is 42.8 Å². The summed E-state index contributed by atoms with van der Waals surface area (Å²) in [4.78, 5) is 2.50. The van der Waals surface area contributed by atoms with Crippen LogP contribution in [-0.2, 0) is 10.0 Å². The number of ether oxygens (including phenoxy) is 1. The molecule has 1 saturated heterocycles. The van der Waals surface area contributed by atoms with E-state index in [-0.39, 0.29) is 16.7 Å². The number of hydrogen-bond donors (Lipinski definition) is 1. The Hall–Kier alpha value is -2.87. The maximum absolute atomic E-state index is 13.1. The van der Waals surface area contributed by atoms with E-state index in [4.69, 9.17) is 4.74 Å². The molecule has 0 saturated carbocycles. The molecule has 0 radical (unpaired) electrons. The van der Waals surface area contributed by atoms with Crippen LogP contribution < -0.4 is 4.74 Å². The van der Waals surface area contributed by atoms with Crippen LogP contribution in [0.3, 0.4) is 0 Å². The van der Waals surface area contributed by atoms with E-state index < -0.39 is 10.0 Å². The number of phenolic OH excluding ortho intramolecular Hbond substituents is 1. The standard InChI is InChI=1S/C25H28N2O4S/c1-19-7-9-20(10-8-19)25(23-5-3-4-6-24(23)28)26-15-17-27(18-16-26)32(29,30)22-13-11-21(31-2)12-14-22/h3-14,25,28H,15-18H2,1-2H3/t25-/m0/s1. The highest BCUT2D eigenvalue weighted by molar-refractivity contribution is 7.89. The number of nitrogens with zero attached hydrogens (tertiary/aromatic N) is 2. The van der Waals surface area contributed by atoms with Gasteiger partial charge in [0, 0.05) is 31.7 Å². The van der Waals surface area contributed by atoms with E-state index in [2.05, 4.69) is 29.2 Å². The number of aromatic hydroxyl groups is 1. The van der Waals surface area contributed by atoms with Crippen molar-refractivity contribution < 1.29 is 18.3 Å². The molecule has 7 heteroatoms. The highest BCUT2D eigenvalue weighted by atomic mass is 32.2.